The van der Waals surface area contributed by atoms with Crippen molar-refractivity contribution in [2.45, 2.75) is 36.1 Å². The van der Waals surface area contributed by atoms with Crippen LogP contribution in [0.15, 0.2) is 23.4 Å². The lowest BCUT2D eigenvalue weighted by molar-refractivity contribution is -0.126. The van der Waals surface area contributed by atoms with Crippen molar-refractivity contribution in [1.29, 1.82) is 5.26 Å². The smallest absolute Gasteiger partial charge is 0.157 e. The third kappa shape index (κ3) is 1.96. The normalized spacial score (nSPS) is 16.9. The Labute approximate surface area is 105 Å². The van der Waals surface area contributed by atoms with Crippen LogP contribution in [0.3, 0.4) is 0 Å². The van der Waals surface area contributed by atoms with E-state index >= 15 is 0 Å². The van der Waals surface area contributed by atoms with Crippen LogP contribution in [0, 0.1) is 11.3 Å². The van der Waals surface area contributed by atoms with E-state index in [4.69, 9.17) is 5.26 Å². The molecular weight excluding hydrogens is 232 g/mol. The maximum Gasteiger partial charge on any atom is 0.157 e. The quantitative estimate of drug-likeness (QED) is 0.766. The molecular formula is C13H14N2OS. The predicted octanol–water partition coefficient (Wildman–Crippen LogP) is 2.71. The van der Waals surface area contributed by atoms with Gasteiger partial charge in [-0.1, -0.05) is 12.5 Å². The molecule has 1 aromatic heterocycles. The first-order chi connectivity index (χ1) is 8.24. The van der Waals surface area contributed by atoms with Gasteiger partial charge < -0.3 is 0 Å². The zero-order chi connectivity index (χ0) is 12.3. The van der Waals surface area contributed by atoms with E-state index in [-0.39, 0.29) is 12.2 Å². The fourth-order valence-corrected chi connectivity index (χ4v) is 3.04. The second-order valence-electron chi connectivity index (χ2n) is 4.25. The summed E-state index contributed by atoms with van der Waals surface area (Å²) in [5.41, 5.74) is 0.585. The van der Waals surface area contributed by atoms with Gasteiger partial charge >= 0.3 is 0 Å². The first-order valence-corrected chi connectivity index (χ1v) is 6.87. The summed E-state index contributed by atoms with van der Waals surface area (Å²) >= 11 is 1.56. The Morgan fingerprint density at radius 3 is 2.94 bits per heavy atom. The summed E-state index contributed by atoms with van der Waals surface area (Å²) in [6.45, 7) is 0. The molecule has 0 aromatic carbocycles. The lowest BCUT2D eigenvalue weighted by Crippen LogP contribution is -2.42. The maximum atomic E-state index is 12.2. The molecule has 1 fully saturated rings. The average Bonchev–Trinajstić information content (AvgIpc) is 2.29. The van der Waals surface area contributed by atoms with E-state index in [1.165, 1.54) is 0 Å². The Bertz CT molecular complexity index is 475. The van der Waals surface area contributed by atoms with Gasteiger partial charge in [-0.25, -0.2) is 4.98 Å². The van der Waals surface area contributed by atoms with Crippen LogP contribution in [0.1, 0.15) is 31.2 Å². The zero-order valence-corrected chi connectivity index (χ0v) is 10.6. The molecule has 0 saturated heterocycles. The molecule has 0 radical (unpaired) electrons. The molecule has 4 heteroatoms. The number of hydrogen-bond acceptors (Lipinski definition) is 4. The van der Waals surface area contributed by atoms with Crippen molar-refractivity contribution in [2.75, 3.05) is 6.26 Å². The van der Waals surface area contributed by atoms with Gasteiger partial charge in [-0.2, -0.15) is 5.26 Å². The number of nitrogens with zero attached hydrogens (tertiary/aromatic N) is 2. The Balaban J connectivity index is 2.42. The lowest BCUT2D eigenvalue weighted by Gasteiger charge is -2.41. The van der Waals surface area contributed by atoms with E-state index in [0.29, 0.717) is 0 Å². The topological polar surface area (TPSA) is 53.8 Å². The second-order valence-corrected chi connectivity index (χ2v) is 5.05. The van der Waals surface area contributed by atoms with Gasteiger partial charge in [0.15, 0.2) is 5.78 Å². The third-order valence-corrected chi connectivity index (χ3v) is 4.17. The molecule has 1 aliphatic rings. The fourth-order valence-electron chi connectivity index (χ4n) is 2.39. The van der Waals surface area contributed by atoms with Crippen molar-refractivity contribution in [1.82, 2.24) is 4.98 Å². The minimum Gasteiger partial charge on any atom is -0.298 e. The summed E-state index contributed by atoms with van der Waals surface area (Å²) in [5, 5.41) is 9.62. The SMILES string of the molecule is CSc1ncccc1C1(C(=O)CC#N)CCC1. The van der Waals surface area contributed by atoms with Crippen LogP contribution in [-0.2, 0) is 10.2 Å². The van der Waals surface area contributed by atoms with E-state index in [2.05, 4.69) is 4.98 Å². The summed E-state index contributed by atoms with van der Waals surface area (Å²) < 4.78 is 0. The molecule has 0 spiro atoms. The summed E-state index contributed by atoms with van der Waals surface area (Å²) in [7, 11) is 0. The van der Waals surface area contributed by atoms with Gasteiger partial charge in [-0.15, -0.1) is 11.8 Å². The van der Waals surface area contributed by atoms with Gasteiger partial charge in [0.05, 0.1) is 22.9 Å². The van der Waals surface area contributed by atoms with Crippen LogP contribution in [0.4, 0.5) is 0 Å². The lowest BCUT2D eigenvalue weighted by atomic mass is 9.61. The van der Waals surface area contributed by atoms with Gasteiger partial charge in [0.25, 0.3) is 0 Å². The van der Waals surface area contributed by atoms with Crippen LogP contribution in [0.25, 0.3) is 0 Å². The maximum absolute atomic E-state index is 12.2. The highest BCUT2D eigenvalue weighted by Gasteiger charge is 2.46. The molecule has 1 saturated carbocycles. The largest absolute Gasteiger partial charge is 0.298 e. The second kappa shape index (κ2) is 4.89. The highest BCUT2D eigenvalue weighted by atomic mass is 32.2. The standard InChI is InChI=1S/C13H14N2OS/c1-17-12-10(4-2-9-15-12)13(6-3-7-13)11(16)5-8-14/h2,4,9H,3,5-7H2,1H3. The van der Waals surface area contributed by atoms with Crippen molar-refractivity contribution < 1.29 is 4.79 Å². The average molecular weight is 246 g/mol. The molecule has 0 N–H and O–H groups in total. The van der Waals surface area contributed by atoms with E-state index in [9.17, 15) is 4.79 Å². The van der Waals surface area contributed by atoms with Gasteiger partial charge in [0.1, 0.15) is 0 Å². The van der Waals surface area contributed by atoms with Gasteiger partial charge in [-0.3, -0.25) is 4.79 Å². The van der Waals surface area contributed by atoms with Crippen LogP contribution in [0.5, 0.6) is 0 Å². The van der Waals surface area contributed by atoms with Gasteiger partial charge in [0, 0.05) is 6.20 Å². The number of carbonyl (C=O) groups is 1. The van der Waals surface area contributed by atoms with Crippen molar-refractivity contribution in [2.24, 2.45) is 0 Å². The van der Waals surface area contributed by atoms with Crippen LogP contribution in [0.2, 0.25) is 0 Å². The highest BCUT2D eigenvalue weighted by molar-refractivity contribution is 7.98. The molecule has 17 heavy (non-hydrogen) atoms. The predicted molar refractivity (Wildman–Crippen MR) is 66.8 cm³/mol. The number of thioether (sulfide) groups is 1. The molecule has 0 aliphatic heterocycles. The van der Waals surface area contributed by atoms with Gasteiger partial charge in [0.2, 0.25) is 0 Å². The molecule has 0 unspecified atom stereocenters. The summed E-state index contributed by atoms with van der Waals surface area (Å²) in [5.74, 6) is 0.0505. The summed E-state index contributed by atoms with van der Waals surface area (Å²) in [6, 6.07) is 5.82. The number of ketones is 1. The van der Waals surface area contributed by atoms with Crippen LogP contribution >= 0.6 is 11.8 Å². The first kappa shape index (κ1) is 12.1. The van der Waals surface area contributed by atoms with Gasteiger partial charge in [-0.05, 0) is 30.7 Å². The summed E-state index contributed by atoms with van der Waals surface area (Å²) in [4.78, 5) is 16.5. The number of pyridine rings is 1. The Kier molecular flexibility index (Phi) is 3.49. The highest BCUT2D eigenvalue weighted by Crippen LogP contribution is 2.47. The number of carbonyl (C=O) groups excluding carboxylic acids is 1. The minimum absolute atomic E-state index is 0.00269. The molecule has 1 heterocycles. The molecule has 1 aromatic rings. The monoisotopic (exact) mass is 246 g/mol. The summed E-state index contributed by atoms with van der Waals surface area (Å²) in [6.07, 6.45) is 6.48. The molecule has 0 amide bonds. The molecule has 0 bridgehead atoms. The van der Waals surface area contributed by atoms with Crippen molar-refractivity contribution >= 4 is 17.5 Å². The van der Waals surface area contributed by atoms with E-state index in [0.717, 1.165) is 29.9 Å². The fraction of sp³-hybridized carbons (Fsp3) is 0.462. The molecule has 1 aliphatic carbocycles. The molecule has 2 rings (SSSR count). The molecule has 88 valence electrons. The van der Waals surface area contributed by atoms with E-state index < -0.39 is 5.41 Å². The first-order valence-electron chi connectivity index (χ1n) is 5.64. The van der Waals surface area contributed by atoms with Crippen molar-refractivity contribution in [3.8, 4) is 6.07 Å². The number of Topliss-reactive ketones (excluding diaryl/α,β-unsaturated/α-hetero) is 1. The van der Waals surface area contributed by atoms with Crippen molar-refractivity contribution in [3.63, 3.8) is 0 Å². The van der Waals surface area contributed by atoms with Crippen LogP contribution in [-0.4, -0.2) is 17.0 Å². The van der Waals surface area contributed by atoms with Crippen molar-refractivity contribution in [3.05, 3.63) is 23.9 Å². The Hall–Kier alpha value is -1.34. The number of aromatic nitrogens is 1. The molecule has 3 nitrogen and oxygen atoms in total. The number of hydrogen-bond donors (Lipinski definition) is 0. The molecule has 0 atom stereocenters. The number of nitriles is 1. The Morgan fingerprint density at radius 1 is 1.65 bits per heavy atom. The number of rotatable bonds is 4. The Morgan fingerprint density at radius 2 is 2.41 bits per heavy atom. The zero-order valence-electron chi connectivity index (χ0n) is 9.77. The minimum atomic E-state index is -0.428. The van der Waals surface area contributed by atoms with E-state index in [1.807, 2.05) is 24.5 Å². The van der Waals surface area contributed by atoms with E-state index in [1.54, 1.807) is 18.0 Å². The van der Waals surface area contributed by atoms with Crippen LogP contribution < -0.4 is 0 Å². The third-order valence-electron chi connectivity index (χ3n) is 3.46.